The summed E-state index contributed by atoms with van der Waals surface area (Å²) in [6, 6.07) is 6.47. The van der Waals surface area contributed by atoms with E-state index < -0.39 is 0 Å². The molecule has 0 bridgehead atoms. The number of ether oxygens (including phenoxy) is 1. The fraction of sp³-hybridized carbons (Fsp3) is 0.455. The van der Waals surface area contributed by atoms with Crippen LogP contribution in [0.5, 0.6) is 0 Å². The van der Waals surface area contributed by atoms with E-state index in [0.29, 0.717) is 0 Å². The van der Waals surface area contributed by atoms with Crippen molar-refractivity contribution in [3.8, 4) is 0 Å². The maximum Gasteiger partial charge on any atom is 0.0857 e. The number of fused-ring (bicyclic) bond motifs is 1. The minimum absolute atomic E-state index is 0.274. The minimum atomic E-state index is 0.274. The molecular formula is C11H15NO. The van der Waals surface area contributed by atoms with Crippen LogP contribution in [-0.4, -0.2) is 13.7 Å². The van der Waals surface area contributed by atoms with Gasteiger partial charge >= 0.3 is 0 Å². The van der Waals surface area contributed by atoms with Gasteiger partial charge in [-0.15, -0.1) is 0 Å². The molecule has 1 aliphatic rings. The van der Waals surface area contributed by atoms with Crippen molar-refractivity contribution < 1.29 is 4.74 Å². The van der Waals surface area contributed by atoms with E-state index in [4.69, 9.17) is 4.74 Å². The van der Waals surface area contributed by atoms with Crippen LogP contribution < -0.4 is 5.32 Å². The number of hydrogen-bond acceptors (Lipinski definition) is 2. The summed E-state index contributed by atoms with van der Waals surface area (Å²) in [6.45, 7) is 3.12. The molecule has 1 unspecified atom stereocenters. The Hall–Kier alpha value is -1.02. The van der Waals surface area contributed by atoms with E-state index in [1.807, 2.05) is 0 Å². The average Bonchev–Trinajstić information content (AvgIpc) is 2.17. The smallest absolute Gasteiger partial charge is 0.0857 e. The van der Waals surface area contributed by atoms with Gasteiger partial charge in [-0.05, 0) is 19.4 Å². The van der Waals surface area contributed by atoms with E-state index in [9.17, 15) is 0 Å². The first-order valence-electron chi connectivity index (χ1n) is 4.68. The van der Waals surface area contributed by atoms with Crippen LogP contribution in [0.15, 0.2) is 18.2 Å². The Kier molecular flexibility index (Phi) is 2.23. The van der Waals surface area contributed by atoms with Crippen molar-refractivity contribution in [3.63, 3.8) is 0 Å². The fourth-order valence-corrected chi connectivity index (χ4v) is 1.85. The van der Waals surface area contributed by atoms with Crippen LogP contribution in [0.1, 0.15) is 23.7 Å². The molecule has 0 amide bonds. The largest absolute Gasteiger partial charge is 0.385 e. The van der Waals surface area contributed by atoms with Gasteiger partial charge in [0.15, 0.2) is 0 Å². The molecule has 70 valence electrons. The molecule has 0 saturated carbocycles. The van der Waals surface area contributed by atoms with Crippen molar-refractivity contribution in [3.05, 3.63) is 29.3 Å². The topological polar surface area (TPSA) is 21.3 Å². The van der Waals surface area contributed by atoms with Gasteiger partial charge in [-0.1, -0.05) is 17.7 Å². The third-order valence-corrected chi connectivity index (χ3v) is 2.56. The van der Waals surface area contributed by atoms with Crippen LogP contribution in [0, 0.1) is 6.92 Å². The number of rotatable bonds is 1. The molecule has 2 nitrogen and oxygen atoms in total. The molecule has 0 spiro atoms. The summed E-state index contributed by atoms with van der Waals surface area (Å²) in [6.07, 6.45) is 1.34. The lowest BCUT2D eigenvalue weighted by molar-refractivity contribution is 0.0964. The van der Waals surface area contributed by atoms with Crippen LogP contribution in [0.4, 0.5) is 5.69 Å². The van der Waals surface area contributed by atoms with Crippen LogP contribution >= 0.6 is 0 Å². The minimum Gasteiger partial charge on any atom is -0.385 e. The molecule has 0 radical (unpaired) electrons. The lowest BCUT2D eigenvalue weighted by atomic mass is 9.98. The number of anilines is 1. The van der Waals surface area contributed by atoms with Crippen molar-refractivity contribution >= 4 is 5.69 Å². The normalized spacial score (nSPS) is 20.6. The summed E-state index contributed by atoms with van der Waals surface area (Å²) in [5.74, 6) is 0. The van der Waals surface area contributed by atoms with Gasteiger partial charge in [-0.3, -0.25) is 0 Å². The van der Waals surface area contributed by atoms with Crippen molar-refractivity contribution in [2.45, 2.75) is 19.4 Å². The van der Waals surface area contributed by atoms with Gasteiger partial charge in [0.2, 0.25) is 0 Å². The van der Waals surface area contributed by atoms with Crippen LogP contribution in [0.3, 0.4) is 0 Å². The maximum absolute atomic E-state index is 5.43. The summed E-state index contributed by atoms with van der Waals surface area (Å²) in [7, 11) is 1.78. The predicted molar refractivity (Wildman–Crippen MR) is 54.0 cm³/mol. The highest BCUT2D eigenvalue weighted by atomic mass is 16.5. The lowest BCUT2D eigenvalue weighted by Gasteiger charge is -2.25. The van der Waals surface area contributed by atoms with Gasteiger partial charge in [0.1, 0.15) is 0 Å². The number of benzene rings is 1. The Labute approximate surface area is 78.9 Å². The summed E-state index contributed by atoms with van der Waals surface area (Å²) >= 11 is 0. The Bertz CT molecular complexity index is 309. The Balaban J connectivity index is 2.41. The van der Waals surface area contributed by atoms with Crippen molar-refractivity contribution in [1.29, 1.82) is 0 Å². The number of nitrogens with one attached hydrogen (secondary N) is 1. The third kappa shape index (κ3) is 1.54. The zero-order valence-corrected chi connectivity index (χ0v) is 8.13. The Morgan fingerprint density at radius 1 is 1.46 bits per heavy atom. The third-order valence-electron chi connectivity index (χ3n) is 2.56. The van der Waals surface area contributed by atoms with Gasteiger partial charge in [-0.2, -0.15) is 0 Å². The second-order valence-corrected chi connectivity index (χ2v) is 3.53. The van der Waals surface area contributed by atoms with E-state index >= 15 is 0 Å². The van der Waals surface area contributed by atoms with Crippen LogP contribution in [0.25, 0.3) is 0 Å². The zero-order chi connectivity index (χ0) is 9.26. The second-order valence-electron chi connectivity index (χ2n) is 3.53. The monoisotopic (exact) mass is 177 g/mol. The number of aryl methyl sites for hydroxylation is 1. The molecule has 13 heavy (non-hydrogen) atoms. The summed E-state index contributed by atoms with van der Waals surface area (Å²) in [5.41, 5.74) is 3.82. The Morgan fingerprint density at radius 2 is 2.31 bits per heavy atom. The molecule has 0 aliphatic carbocycles. The van der Waals surface area contributed by atoms with Gasteiger partial charge in [0.05, 0.1) is 6.10 Å². The van der Waals surface area contributed by atoms with Crippen molar-refractivity contribution in [2.24, 2.45) is 0 Å². The summed E-state index contributed by atoms with van der Waals surface area (Å²) < 4.78 is 5.43. The number of methoxy groups -OCH3 is 1. The summed E-state index contributed by atoms with van der Waals surface area (Å²) in [4.78, 5) is 0. The lowest BCUT2D eigenvalue weighted by Crippen LogP contribution is -2.17. The van der Waals surface area contributed by atoms with E-state index in [-0.39, 0.29) is 6.10 Å². The molecule has 1 aromatic rings. The average molecular weight is 177 g/mol. The second kappa shape index (κ2) is 3.38. The van der Waals surface area contributed by atoms with Crippen molar-refractivity contribution in [2.75, 3.05) is 19.0 Å². The van der Waals surface area contributed by atoms with Gasteiger partial charge in [0.25, 0.3) is 0 Å². The van der Waals surface area contributed by atoms with E-state index in [1.54, 1.807) is 7.11 Å². The van der Waals surface area contributed by atoms with Crippen molar-refractivity contribution in [1.82, 2.24) is 0 Å². The highest BCUT2D eigenvalue weighted by molar-refractivity contribution is 5.55. The molecule has 1 aliphatic heterocycles. The fourth-order valence-electron chi connectivity index (χ4n) is 1.85. The quantitative estimate of drug-likeness (QED) is 0.711. The van der Waals surface area contributed by atoms with Gasteiger partial charge in [-0.25, -0.2) is 0 Å². The summed E-state index contributed by atoms with van der Waals surface area (Å²) in [5, 5.41) is 3.37. The van der Waals surface area contributed by atoms with Crippen LogP contribution in [0.2, 0.25) is 0 Å². The first-order valence-corrected chi connectivity index (χ1v) is 4.68. The molecule has 0 fully saturated rings. The van der Waals surface area contributed by atoms with E-state index in [0.717, 1.165) is 13.0 Å². The van der Waals surface area contributed by atoms with Gasteiger partial charge in [0, 0.05) is 24.9 Å². The van der Waals surface area contributed by atoms with Crippen LogP contribution in [-0.2, 0) is 4.74 Å². The molecule has 2 heteroatoms. The van der Waals surface area contributed by atoms with Gasteiger partial charge < -0.3 is 10.1 Å². The molecule has 1 atom stereocenters. The molecule has 2 rings (SSSR count). The molecule has 1 aromatic carbocycles. The standard InChI is InChI=1S/C11H15NO/c1-8-3-4-10-9(7-8)11(13-2)5-6-12-10/h3-4,7,11-12H,5-6H2,1-2H3. The Morgan fingerprint density at radius 3 is 3.08 bits per heavy atom. The maximum atomic E-state index is 5.43. The molecule has 0 saturated heterocycles. The zero-order valence-electron chi connectivity index (χ0n) is 8.13. The molecule has 0 aromatic heterocycles. The molecular weight excluding hydrogens is 162 g/mol. The highest BCUT2D eigenvalue weighted by Gasteiger charge is 2.18. The van der Waals surface area contributed by atoms with E-state index in [1.165, 1.54) is 16.8 Å². The SMILES string of the molecule is COC1CCNc2ccc(C)cc21. The highest BCUT2D eigenvalue weighted by Crippen LogP contribution is 2.32. The van der Waals surface area contributed by atoms with E-state index in [2.05, 4.69) is 30.4 Å². The first-order chi connectivity index (χ1) is 6.31. The predicted octanol–water partition coefficient (Wildman–Crippen LogP) is 2.50. The number of hydrogen-bond donors (Lipinski definition) is 1. The molecule has 1 N–H and O–H groups in total. The molecule has 1 heterocycles. The first kappa shape index (κ1) is 8.57.